The molecule has 0 bridgehead atoms. The molecule has 5 nitrogen and oxygen atoms in total. The second-order valence-corrected chi connectivity index (χ2v) is 3.72. The predicted octanol–water partition coefficient (Wildman–Crippen LogP) is 0.428. The Kier molecular flexibility index (Phi) is 2.78. The van der Waals surface area contributed by atoms with Crippen LogP contribution in [0.15, 0.2) is 11.3 Å². The molecular weight excluding hydrogens is 186 g/mol. The number of hydrogen-bond donors (Lipinski definition) is 3. The van der Waals surface area contributed by atoms with Crippen LogP contribution in [-0.4, -0.2) is 28.1 Å². The van der Waals surface area contributed by atoms with E-state index in [0.29, 0.717) is 6.42 Å². The maximum atomic E-state index is 11.1. The van der Waals surface area contributed by atoms with Crippen LogP contribution >= 0.6 is 0 Å². The Morgan fingerprint density at radius 1 is 1.57 bits per heavy atom. The van der Waals surface area contributed by atoms with E-state index in [0.717, 1.165) is 0 Å². The number of hydrogen-bond acceptors (Lipinski definition) is 3. The lowest BCUT2D eigenvalue weighted by Crippen LogP contribution is -2.30. The molecule has 3 N–H and O–H groups in total. The number of carbonyl (C=O) groups excluding carboxylic acids is 1. The van der Waals surface area contributed by atoms with Gasteiger partial charge in [0.1, 0.15) is 5.76 Å². The molecular formula is C9H13NO4. The molecule has 0 saturated heterocycles. The minimum Gasteiger partial charge on any atom is -0.509 e. The summed E-state index contributed by atoms with van der Waals surface area (Å²) in [6.07, 6.45) is 0.536. The number of rotatable bonds is 3. The highest BCUT2D eigenvalue weighted by Crippen LogP contribution is 2.20. The van der Waals surface area contributed by atoms with Gasteiger partial charge in [0, 0.05) is 0 Å². The van der Waals surface area contributed by atoms with Crippen LogP contribution in [-0.2, 0) is 9.59 Å². The summed E-state index contributed by atoms with van der Waals surface area (Å²) in [6, 6.07) is -0.548. The molecule has 14 heavy (non-hydrogen) atoms. The zero-order chi connectivity index (χ0) is 10.9. The molecule has 1 aliphatic rings. The molecule has 1 heterocycles. The van der Waals surface area contributed by atoms with Gasteiger partial charge >= 0.3 is 5.97 Å². The molecule has 0 spiro atoms. The number of aliphatic hydroxyl groups excluding tert-OH is 1. The van der Waals surface area contributed by atoms with Gasteiger partial charge in [-0.1, -0.05) is 13.8 Å². The van der Waals surface area contributed by atoms with Gasteiger partial charge in [-0.05, 0) is 12.3 Å². The van der Waals surface area contributed by atoms with Crippen LogP contribution in [0, 0.1) is 5.92 Å². The van der Waals surface area contributed by atoms with Crippen LogP contribution in [0.25, 0.3) is 0 Å². The number of aliphatic carboxylic acids is 1. The molecule has 1 rings (SSSR count). The number of aliphatic hydroxyl groups is 1. The zero-order valence-electron chi connectivity index (χ0n) is 8.07. The fourth-order valence-corrected chi connectivity index (χ4v) is 1.44. The topological polar surface area (TPSA) is 86.6 Å². The van der Waals surface area contributed by atoms with Gasteiger partial charge in [-0.25, -0.2) is 4.79 Å². The smallest absolute Gasteiger partial charge is 0.344 e. The Hall–Kier alpha value is -1.52. The monoisotopic (exact) mass is 199 g/mol. The van der Waals surface area contributed by atoms with Crippen LogP contribution < -0.4 is 5.32 Å². The average molecular weight is 199 g/mol. The van der Waals surface area contributed by atoms with E-state index in [1.54, 1.807) is 0 Å². The summed E-state index contributed by atoms with van der Waals surface area (Å²) in [6.45, 7) is 3.86. The van der Waals surface area contributed by atoms with Crippen molar-refractivity contribution in [2.75, 3.05) is 0 Å². The largest absolute Gasteiger partial charge is 0.509 e. The first-order chi connectivity index (χ1) is 6.43. The van der Waals surface area contributed by atoms with E-state index in [1.165, 1.54) is 0 Å². The van der Waals surface area contributed by atoms with Crippen LogP contribution in [0.5, 0.6) is 0 Å². The highest BCUT2D eigenvalue weighted by atomic mass is 16.4. The van der Waals surface area contributed by atoms with Crippen LogP contribution in [0.3, 0.4) is 0 Å². The molecule has 0 aromatic rings. The van der Waals surface area contributed by atoms with Gasteiger partial charge in [-0.3, -0.25) is 4.79 Å². The van der Waals surface area contributed by atoms with Crippen molar-refractivity contribution in [3.05, 3.63) is 11.3 Å². The molecule has 1 atom stereocenters. The lowest BCUT2D eigenvalue weighted by molar-refractivity contribution is -0.134. The van der Waals surface area contributed by atoms with Crippen molar-refractivity contribution in [3.63, 3.8) is 0 Å². The van der Waals surface area contributed by atoms with E-state index in [4.69, 9.17) is 5.11 Å². The number of carbonyl (C=O) groups is 2. The molecule has 78 valence electrons. The molecule has 1 aliphatic heterocycles. The molecule has 0 aliphatic carbocycles. The highest BCUT2D eigenvalue weighted by Gasteiger charge is 2.35. The quantitative estimate of drug-likeness (QED) is 0.575. The number of carboxylic acids is 1. The maximum Gasteiger partial charge on any atom is 0.344 e. The van der Waals surface area contributed by atoms with Crippen LogP contribution in [0.4, 0.5) is 0 Å². The van der Waals surface area contributed by atoms with E-state index >= 15 is 0 Å². The Morgan fingerprint density at radius 3 is 2.50 bits per heavy atom. The Bertz CT molecular complexity index is 306. The molecule has 0 aromatic carbocycles. The average Bonchev–Trinajstić information content (AvgIpc) is 2.25. The molecule has 1 amide bonds. The molecule has 5 heteroatoms. The van der Waals surface area contributed by atoms with Gasteiger partial charge in [-0.15, -0.1) is 0 Å². The van der Waals surface area contributed by atoms with Crippen molar-refractivity contribution >= 4 is 11.9 Å². The van der Waals surface area contributed by atoms with Crippen molar-refractivity contribution in [2.24, 2.45) is 5.92 Å². The first-order valence-corrected chi connectivity index (χ1v) is 4.40. The lowest BCUT2D eigenvalue weighted by Gasteiger charge is -2.12. The zero-order valence-corrected chi connectivity index (χ0v) is 8.07. The molecule has 0 unspecified atom stereocenters. The first kappa shape index (κ1) is 10.6. The third kappa shape index (κ3) is 1.86. The summed E-state index contributed by atoms with van der Waals surface area (Å²) in [7, 11) is 0. The van der Waals surface area contributed by atoms with Gasteiger partial charge in [0.05, 0.1) is 6.04 Å². The second-order valence-electron chi connectivity index (χ2n) is 3.72. The Balaban J connectivity index is 2.87. The molecule has 0 saturated carbocycles. The minimum absolute atomic E-state index is 0.274. The van der Waals surface area contributed by atoms with Crippen molar-refractivity contribution in [3.8, 4) is 0 Å². The standard InChI is InChI=1S/C9H13NO4/c1-4(2)3-5-7(11)6(9(13)14)8(12)10-5/h4-5,11H,3H2,1-2H3,(H,10,12)(H,13,14)/t5-/m0/s1. The van der Waals surface area contributed by atoms with Crippen LogP contribution in [0.1, 0.15) is 20.3 Å². The predicted molar refractivity (Wildman–Crippen MR) is 48.7 cm³/mol. The summed E-state index contributed by atoms with van der Waals surface area (Å²) < 4.78 is 0. The normalized spacial score (nSPS) is 21.6. The van der Waals surface area contributed by atoms with Gasteiger partial charge in [0.15, 0.2) is 5.57 Å². The molecule has 0 fully saturated rings. The molecule has 0 aromatic heterocycles. The van der Waals surface area contributed by atoms with E-state index in [9.17, 15) is 14.7 Å². The van der Waals surface area contributed by atoms with E-state index in [1.807, 2.05) is 13.8 Å². The number of amides is 1. The van der Waals surface area contributed by atoms with Crippen molar-refractivity contribution in [2.45, 2.75) is 26.3 Å². The summed E-state index contributed by atoms with van der Waals surface area (Å²) in [5.74, 6) is -2.17. The van der Waals surface area contributed by atoms with Crippen molar-refractivity contribution < 1.29 is 19.8 Å². The number of carboxylic acid groups (broad SMARTS) is 1. The fourth-order valence-electron chi connectivity index (χ4n) is 1.44. The van der Waals surface area contributed by atoms with Gasteiger partial charge in [0.25, 0.3) is 5.91 Å². The minimum atomic E-state index is -1.38. The molecule has 0 radical (unpaired) electrons. The fraction of sp³-hybridized carbons (Fsp3) is 0.556. The van der Waals surface area contributed by atoms with Crippen LogP contribution in [0.2, 0.25) is 0 Å². The number of nitrogens with one attached hydrogen (secondary N) is 1. The van der Waals surface area contributed by atoms with Gasteiger partial charge in [0.2, 0.25) is 0 Å². The van der Waals surface area contributed by atoms with Gasteiger partial charge < -0.3 is 15.5 Å². The SMILES string of the molecule is CC(C)C[C@@H]1NC(=O)C(C(=O)O)=C1O. The van der Waals surface area contributed by atoms with E-state index < -0.39 is 23.5 Å². The van der Waals surface area contributed by atoms with Gasteiger partial charge in [-0.2, -0.15) is 0 Å². The highest BCUT2D eigenvalue weighted by molar-refractivity contribution is 6.17. The third-order valence-corrected chi connectivity index (χ3v) is 2.04. The summed E-state index contributed by atoms with van der Waals surface area (Å²) in [4.78, 5) is 21.7. The second kappa shape index (κ2) is 3.69. The lowest BCUT2D eigenvalue weighted by atomic mass is 10.0. The Labute approximate surface area is 81.4 Å². The Morgan fingerprint density at radius 2 is 2.14 bits per heavy atom. The van der Waals surface area contributed by atoms with E-state index in [-0.39, 0.29) is 11.7 Å². The summed E-state index contributed by atoms with van der Waals surface area (Å²) in [5, 5.41) is 20.5. The van der Waals surface area contributed by atoms with Crippen molar-refractivity contribution in [1.82, 2.24) is 5.32 Å². The maximum absolute atomic E-state index is 11.1. The summed E-state index contributed by atoms with van der Waals surface area (Å²) in [5.41, 5.74) is -0.532. The first-order valence-electron chi connectivity index (χ1n) is 4.40. The summed E-state index contributed by atoms with van der Waals surface area (Å²) >= 11 is 0. The van der Waals surface area contributed by atoms with Crippen molar-refractivity contribution in [1.29, 1.82) is 0 Å². The third-order valence-electron chi connectivity index (χ3n) is 2.04. The van der Waals surface area contributed by atoms with E-state index in [2.05, 4.69) is 5.32 Å².